The van der Waals surface area contributed by atoms with Gasteiger partial charge in [0, 0.05) is 5.92 Å². The van der Waals surface area contributed by atoms with Gasteiger partial charge in [0.15, 0.2) is 0 Å². The summed E-state index contributed by atoms with van der Waals surface area (Å²) in [5, 5.41) is 10.5. The smallest absolute Gasteiger partial charge is 0.404 e. The van der Waals surface area contributed by atoms with Crippen LogP contribution in [0, 0.1) is 11.8 Å². The third-order valence-electron chi connectivity index (χ3n) is 3.61. The number of amides is 1. The zero-order valence-corrected chi connectivity index (χ0v) is 13.3. The summed E-state index contributed by atoms with van der Waals surface area (Å²) < 4.78 is 10.5. The maximum atomic E-state index is 11.0. The van der Waals surface area contributed by atoms with E-state index in [0.717, 1.165) is 5.76 Å². The summed E-state index contributed by atoms with van der Waals surface area (Å²) in [6.45, 7) is 8.17. The molecule has 0 unspecified atom stereocenters. The summed E-state index contributed by atoms with van der Waals surface area (Å²) >= 11 is 0. The molecule has 0 radical (unpaired) electrons. The lowest BCUT2D eigenvalue weighted by Crippen LogP contribution is -2.36. The van der Waals surface area contributed by atoms with Gasteiger partial charge in [-0.15, -0.1) is 0 Å². The Morgan fingerprint density at radius 3 is 2.43 bits per heavy atom. The van der Waals surface area contributed by atoms with Crippen LogP contribution in [0.2, 0.25) is 0 Å². The molecular weight excluding hydrogens is 270 g/mol. The average Bonchev–Trinajstić information content (AvgIpc) is 2.86. The zero-order valence-electron chi connectivity index (χ0n) is 13.3. The maximum absolute atomic E-state index is 11.0. The molecule has 0 bridgehead atoms. The van der Waals surface area contributed by atoms with Gasteiger partial charge in [-0.2, -0.15) is 0 Å². The molecule has 1 aromatic heterocycles. The first-order chi connectivity index (χ1) is 9.81. The second-order valence-electron chi connectivity index (χ2n) is 6.27. The van der Waals surface area contributed by atoms with Gasteiger partial charge < -0.3 is 20.0 Å². The Labute approximate surface area is 126 Å². The van der Waals surface area contributed by atoms with Crippen LogP contribution in [0.4, 0.5) is 4.79 Å². The van der Waals surface area contributed by atoms with Crippen LogP contribution < -0.4 is 5.73 Å². The summed E-state index contributed by atoms with van der Waals surface area (Å²) in [6.07, 6.45) is 0.473. The van der Waals surface area contributed by atoms with E-state index in [4.69, 9.17) is 14.9 Å². The Balaban J connectivity index is 2.77. The van der Waals surface area contributed by atoms with Crippen molar-refractivity contribution in [2.24, 2.45) is 17.6 Å². The van der Waals surface area contributed by atoms with Crippen molar-refractivity contribution in [3.8, 4) is 0 Å². The van der Waals surface area contributed by atoms with Gasteiger partial charge in [-0.1, -0.05) is 27.7 Å². The van der Waals surface area contributed by atoms with Gasteiger partial charge in [-0.3, -0.25) is 0 Å². The van der Waals surface area contributed by atoms with Gasteiger partial charge in [-0.05, 0) is 36.8 Å². The Hall–Kier alpha value is -1.49. The summed E-state index contributed by atoms with van der Waals surface area (Å²) in [5.74, 6) is 1.51. The quantitative estimate of drug-likeness (QED) is 0.771. The molecule has 0 aliphatic carbocycles. The summed E-state index contributed by atoms with van der Waals surface area (Å²) in [5.41, 5.74) is 5.10. The van der Waals surface area contributed by atoms with Crippen LogP contribution >= 0.6 is 0 Å². The van der Waals surface area contributed by atoms with Gasteiger partial charge >= 0.3 is 6.09 Å². The molecular formula is C16H27NO4. The van der Waals surface area contributed by atoms with Crippen LogP contribution in [-0.4, -0.2) is 23.4 Å². The van der Waals surface area contributed by atoms with E-state index < -0.39 is 18.3 Å². The molecule has 3 atom stereocenters. The average molecular weight is 297 g/mol. The molecule has 0 aliphatic heterocycles. The Morgan fingerprint density at radius 1 is 1.33 bits per heavy atom. The van der Waals surface area contributed by atoms with Crippen LogP contribution in [0.1, 0.15) is 52.2 Å². The molecule has 0 fully saturated rings. The standard InChI is InChI=1S/C16H27NO4/c1-10(2)8-15(21-16(17)19)13(18)9-12(11(3)4)14-6-5-7-20-14/h5-7,10-13,15,18H,8-9H2,1-4H3,(H2,17,19)/t12-,13-,15-/m0/s1. The maximum Gasteiger partial charge on any atom is 0.404 e. The van der Waals surface area contributed by atoms with Gasteiger partial charge in [-0.25, -0.2) is 4.79 Å². The number of ether oxygens (including phenoxy) is 1. The van der Waals surface area contributed by atoms with E-state index in [0.29, 0.717) is 24.7 Å². The first-order valence-corrected chi connectivity index (χ1v) is 7.48. The molecule has 5 nitrogen and oxygen atoms in total. The second-order valence-corrected chi connectivity index (χ2v) is 6.27. The van der Waals surface area contributed by atoms with E-state index in [1.165, 1.54) is 0 Å². The van der Waals surface area contributed by atoms with Crippen LogP contribution in [0.5, 0.6) is 0 Å². The summed E-state index contributed by atoms with van der Waals surface area (Å²) in [6, 6.07) is 3.74. The van der Waals surface area contributed by atoms with Crippen molar-refractivity contribution in [1.82, 2.24) is 0 Å². The fourth-order valence-corrected chi connectivity index (χ4v) is 2.53. The predicted molar refractivity (Wildman–Crippen MR) is 80.8 cm³/mol. The van der Waals surface area contributed by atoms with Gasteiger partial charge in [0.25, 0.3) is 0 Å². The Morgan fingerprint density at radius 2 is 2.00 bits per heavy atom. The molecule has 3 N–H and O–H groups in total. The number of aliphatic hydroxyl groups is 1. The van der Waals surface area contributed by atoms with Crippen molar-refractivity contribution < 1.29 is 19.1 Å². The summed E-state index contributed by atoms with van der Waals surface area (Å²) in [7, 11) is 0. The van der Waals surface area contributed by atoms with Gasteiger partial charge in [0.05, 0.1) is 12.4 Å². The Bertz CT molecular complexity index is 414. The highest BCUT2D eigenvalue weighted by atomic mass is 16.6. The van der Waals surface area contributed by atoms with E-state index in [1.54, 1.807) is 6.26 Å². The highest BCUT2D eigenvalue weighted by molar-refractivity contribution is 5.64. The van der Waals surface area contributed by atoms with Crippen molar-refractivity contribution in [2.45, 2.75) is 58.7 Å². The highest BCUT2D eigenvalue weighted by Crippen LogP contribution is 2.31. The monoisotopic (exact) mass is 297 g/mol. The number of carbonyl (C=O) groups is 1. The molecule has 0 saturated carbocycles. The van der Waals surface area contributed by atoms with Crippen LogP contribution in [0.3, 0.4) is 0 Å². The first kappa shape index (κ1) is 17.6. The molecule has 1 heterocycles. The largest absolute Gasteiger partial charge is 0.469 e. The first-order valence-electron chi connectivity index (χ1n) is 7.48. The molecule has 0 aliphatic rings. The zero-order chi connectivity index (χ0) is 16.0. The normalized spacial score (nSPS) is 16.0. The number of hydrogen-bond acceptors (Lipinski definition) is 4. The van der Waals surface area contributed by atoms with E-state index >= 15 is 0 Å². The fraction of sp³-hybridized carbons (Fsp3) is 0.688. The third-order valence-corrected chi connectivity index (χ3v) is 3.61. The Kier molecular flexibility index (Phi) is 6.75. The number of carbonyl (C=O) groups excluding carboxylic acids is 1. The SMILES string of the molecule is CC(C)C[C@H](OC(N)=O)[C@@H](O)C[C@H](c1ccco1)C(C)C. The minimum atomic E-state index is -0.848. The molecule has 120 valence electrons. The fourth-order valence-electron chi connectivity index (χ4n) is 2.53. The molecule has 0 aromatic carbocycles. The van der Waals surface area contributed by atoms with Gasteiger partial charge in [0.1, 0.15) is 11.9 Å². The molecule has 1 aromatic rings. The number of nitrogens with two attached hydrogens (primary N) is 1. The molecule has 1 amide bonds. The summed E-state index contributed by atoms with van der Waals surface area (Å²) in [4.78, 5) is 11.0. The molecule has 0 saturated heterocycles. The van der Waals surface area contributed by atoms with Crippen molar-refractivity contribution in [3.63, 3.8) is 0 Å². The lowest BCUT2D eigenvalue weighted by Gasteiger charge is -2.28. The van der Waals surface area contributed by atoms with E-state index in [9.17, 15) is 9.90 Å². The predicted octanol–water partition coefficient (Wildman–Crippen LogP) is 3.28. The lowest BCUT2D eigenvalue weighted by molar-refractivity contribution is -0.0140. The van der Waals surface area contributed by atoms with E-state index in [2.05, 4.69) is 13.8 Å². The van der Waals surface area contributed by atoms with E-state index in [-0.39, 0.29) is 5.92 Å². The third kappa shape index (κ3) is 5.79. The van der Waals surface area contributed by atoms with Crippen molar-refractivity contribution in [3.05, 3.63) is 24.2 Å². The highest BCUT2D eigenvalue weighted by Gasteiger charge is 2.29. The topological polar surface area (TPSA) is 85.7 Å². The van der Waals surface area contributed by atoms with E-state index in [1.807, 2.05) is 26.0 Å². The van der Waals surface area contributed by atoms with Crippen molar-refractivity contribution >= 4 is 6.09 Å². The van der Waals surface area contributed by atoms with Crippen LogP contribution in [0.15, 0.2) is 22.8 Å². The number of hydrogen-bond donors (Lipinski definition) is 2. The molecule has 5 heteroatoms. The number of rotatable bonds is 8. The molecule has 1 rings (SSSR count). The van der Waals surface area contributed by atoms with Crippen LogP contribution in [0.25, 0.3) is 0 Å². The molecule has 21 heavy (non-hydrogen) atoms. The van der Waals surface area contributed by atoms with Crippen LogP contribution in [-0.2, 0) is 4.74 Å². The van der Waals surface area contributed by atoms with Crippen molar-refractivity contribution in [1.29, 1.82) is 0 Å². The number of furan rings is 1. The van der Waals surface area contributed by atoms with Gasteiger partial charge in [0.2, 0.25) is 0 Å². The second kappa shape index (κ2) is 8.08. The molecule has 0 spiro atoms. The minimum Gasteiger partial charge on any atom is -0.469 e. The lowest BCUT2D eigenvalue weighted by atomic mass is 9.85. The minimum absolute atomic E-state index is 0.0705. The number of primary amides is 1. The number of aliphatic hydroxyl groups excluding tert-OH is 1. The van der Waals surface area contributed by atoms with Crippen molar-refractivity contribution in [2.75, 3.05) is 0 Å².